The maximum Gasteiger partial charge on any atom is 0.287 e. The van der Waals surface area contributed by atoms with Gasteiger partial charge in [0.2, 0.25) is 0 Å². The standard InChI is InChI=1S/C20H27N3O3/c1-15-7-10-23(11-8-15)14-18-5-6-19(26-18)20(24)22-12-16(2)25-17-4-3-9-21-13-17/h3-6,9,13,15-16H,7-8,10-12,14H2,1-2H3,(H,22,24)/t16-/m0/s1. The minimum Gasteiger partial charge on any atom is -0.487 e. The molecular weight excluding hydrogens is 330 g/mol. The van der Waals surface area contributed by atoms with Crippen molar-refractivity contribution in [2.75, 3.05) is 19.6 Å². The molecule has 0 radical (unpaired) electrons. The van der Waals surface area contributed by atoms with Gasteiger partial charge in [-0.2, -0.15) is 0 Å². The molecule has 0 saturated carbocycles. The van der Waals surface area contributed by atoms with Crippen LogP contribution in [-0.4, -0.2) is 41.5 Å². The average Bonchev–Trinajstić information content (AvgIpc) is 3.11. The van der Waals surface area contributed by atoms with E-state index in [0.717, 1.165) is 31.3 Å². The van der Waals surface area contributed by atoms with Gasteiger partial charge >= 0.3 is 0 Å². The van der Waals surface area contributed by atoms with Gasteiger partial charge in [-0.05, 0) is 63.0 Å². The molecule has 26 heavy (non-hydrogen) atoms. The Bertz CT molecular complexity index is 693. The lowest BCUT2D eigenvalue weighted by molar-refractivity contribution is 0.0899. The number of nitrogens with zero attached hydrogens (tertiary/aromatic N) is 2. The lowest BCUT2D eigenvalue weighted by Crippen LogP contribution is -2.33. The van der Waals surface area contributed by atoms with Crippen LogP contribution in [0.2, 0.25) is 0 Å². The predicted octanol–water partition coefficient (Wildman–Crippen LogP) is 3.10. The van der Waals surface area contributed by atoms with E-state index >= 15 is 0 Å². The van der Waals surface area contributed by atoms with Crippen LogP contribution in [-0.2, 0) is 6.54 Å². The zero-order valence-electron chi connectivity index (χ0n) is 15.5. The van der Waals surface area contributed by atoms with Gasteiger partial charge in [0.05, 0.1) is 19.3 Å². The summed E-state index contributed by atoms with van der Waals surface area (Å²) in [7, 11) is 0. The smallest absolute Gasteiger partial charge is 0.287 e. The number of hydrogen-bond donors (Lipinski definition) is 1. The Morgan fingerprint density at radius 1 is 1.38 bits per heavy atom. The Kier molecular flexibility index (Phi) is 6.28. The van der Waals surface area contributed by atoms with Gasteiger partial charge < -0.3 is 14.5 Å². The Hall–Kier alpha value is -2.34. The molecule has 0 aliphatic carbocycles. The molecule has 2 aromatic rings. The molecule has 1 atom stereocenters. The fourth-order valence-corrected chi connectivity index (χ4v) is 3.04. The summed E-state index contributed by atoms with van der Waals surface area (Å²) >= 11 is 0. The number of hydrogen-bond acceptors (Lipinski definition) is 5. The monoisotopic (exact) mass is 357 g/mol. The number of carbonyl (C=O) groups excluding carboxylic acids is 1. The third kappa shape index (κ3) is 5.33. The average molecular weight is 357 g/mol. The third-order valence-corrected chi connectivity index (χ3v) is 4.66. The molecule has 6 nitrogen and oxygen atoms in total. The quantitative estimate of drug-likeness (QED) is 0.825. The molecule has 1 aliphatic rings. The van der Waals surface area contributed by atoms with E-state index in [9.17, 15) is 4.79 Å². The van der Waals surface area contributed by atoms with Crippen LogP contribution >= 0.6 is 0 Å². The van der Waals surface area contributed by atoms with Gasteiger partial charge in [-0.15, -0.1) is 0 Å². The molecule has 2 aromatic heterocycles. The number of ether oxygens (including phenoxy) is 1. The van der Waals surface area contributed by atoms with E-state index in [1.807, 2.05) is 25.1 Å². The van der Waals surface area contributed by atoms with Crippen LogP contribution in [0.5, 0.6) is 5.75 Å². The van der Waals surface area contributed by atoms with Crippen LogP contribution < -0.4 is 10.1 Å². The summed E-state index contributed by atoms with van der Waals surface area (Å²) in [4.78, 5) is 18.6. The second-order valence-corrected chi connectivity index (χ2v) is 7.05. The second-order valence-electron chi connectivity index (χ2n) is 7.05. The van der Waals surface area contributed by atoms with Crippen LogP contribution in [0.3, 0.4) is 0 Å². The highest BCUT2D eigenvalue weighted by Gasteiger charge is 2.18. The maximum absolute atomic E-state index is 12.3. The van der Waals surface area contributed by atoms with E-state index in [-0.39, 0.29) is 12.0 Å². The second kappa shape index (κ2) is 8.85. The van der Waals surface area contributed by atoms with Crippen molar-refractivity contribution in [2.45, 2.75) is 39.3 Å². The fourth-order valence-electron chi connectivity index (χ4n) is 3.04. The lowest BCUT2D eigenvalue weighted by atomic mass is 9.99. The van der Waals surface area contributed by atoms with Crippen LogP contribution in [0, 0.1) is 5.92 Å². The Balaban J connectivity index is 1.44. The van der Waals surface area contributed by atoms with Gasteiger partial charge in [-0.3, -0.25) is 14.7 Å². The van der Waals surface area contributed by atoms with Gasteiger partial charge in [0.15, 0.2) is 5.76 Å². The number of nitrogens with one attached hydrogen (secondary N) is 1. The highest BCUT2D eigenvalue weighted by molar-refractivity contribution is 5.91. The summed E-state index contributed by atoms with van der Waals surface area (Å²) in [5.74, 6) is 2.46. The van der Waals surface area contributed by atoms with Crippen LogP contribution in [0.4, 0.5) is 0 Å². The first-order valence-electron chi connectivity index (χ1n) is 9.26. The van der Waals surface area contributed by atoms with E-state index in [2.05, 4.69) is 22.1 Å². The van der Waals surface area contributed by atoms with E-state index in [4.69, 9.17) is 9.15 Å². The fraction of sp³-hybridized carbons (Fsp3) is 0.500. The van der Waals surface area contributed by atoms with Crippen LogP contribution in [0.25, 0.3) is 0 Å². The Morgan fingerprint density at radius 2 is 2.19 bits per heavy atom. The highest BCUT2D eigenvalue weighted by atomic mass is 16.5. The SMILES string of the molecule is CC1CCN(Cc2ccc(C(=O)NC[C@H](C)Oc3cccnc3)o2)CC1. The van der Waals surface area contributed by atoms with Crippen molar-refractivity contribution in [3.05, 3.63) is 48.2 Å². The van der Waals surface area contributed by atoms with E-state index in [1.165, 1.54) is 12.8 Å². The number of amides is 1. The minimum atomic E-state index is -0.217. The number of piperidine rings is 1. The van der Waals surface area contributed by atoms with Crippen molar-refractivity contribution in [1.82, 2.24) is 15.2 Å². The van der Waals surface area contributed by atoms with Gasteiger partial charge in [0.1, 0.15) is 17.6 Å². The van der Waals surface area contributed by atoms with Crippen molar-refractivity contribution >= 4 is 5.91 Å². The number of likely N-dealkylation sites (tertiary alicyclic amines) is 1. The van der Waals surface area contributed by atoms with Crippen molar-refractivity contribution in [3.8, 4) is 5.75 Å². The first kappa shape index (κ1) is 18.5. The lowest BCUT2D eigenvalue weighted by Gasteiger charge is -2.29. The van der Waals surface area contributed by atoms with Gasteiger partial charge in [0.25, 0.3) is 5.91 Å². The Morgan fingerprint density at radius 3 is 2.92 bits per heavy atom. The zero-order chi connectivity index (χ0) is 18.4. The molecule has 1 amide bonds. The summed E-state index contributed by atoms with van der Waals surface area (Å²) in [5, 5.41) is 2.85. The summed E-state index contributed by atoms with van der Waals surface area (Å²) in [6, 6.07) is 7.28. The topological polar surface area (TPSA) is 67.6 Å². The van der Waals surface area contributed by atoms with E-state index in [0.29, 0.717) is 18.1 Å². The first-order valence-corrected chi connectivity index (χ1v) is 9.26. The van der Waals surface area contributed by atoms with E-state index < -0.39 is 0 Å². The first-order chi connectivity index (χ1) is 12.6. The number of pyridine rings is 1. The number of carbonyl (C=O) groups is 1. The van der Waals surface area contributed by atoms with Crippen molar-refractivity contribution in [3.63, 3.8) is 0 Å². The summed E-state index contributed by atoms with van der Waals surface area (Å²) < 4.78 is 11.4. The molecule has 140 valence electrons. The summed E-state index contributed by atoms with van der Waals surface area (Å²) in [6.07, 6.45) is 5.63. The van der Waals surface area contributed by atoms with Crippen LogP contribution in [0.15, 0.2) is 41.1 Å². The molecular formula is C20H27N3O3. The predicted molar refractivity (Wildman–Crippen MR) is 99.0 cm³/mol. The molecule has 1 fully saturated rings. The Labute approximate surface area is 154 Å². The molecule has 0 spiro atoms. The largest absolute Gasteiger partial charge is 0.487 e. The number of furan rings is 1. The van der Waals surface area contributed by atoms with Crippen molar-refractivity contribution < 1.29 is 13.9 Å². The van der Waals surface area contributed by atoms with Crippen molar-refractivity contribution in [1.29, 1.82) is 0 Å². The molecule has 3 heterocycles. The zero-order valence-corrected chi connectivity index (χ0v) is 15.5. The van der Waals surface area contributed by atoms with Gasteiger partial charge in [-0.25, -0.2) is 0 Å². The maximum atomic E-state index is 12.3. The molecule has 1 saturated heterocycles. The van der Waals surface area contributed by atoms with E-state index in [1.54, 1.807) is 18.5 Å². The minimum absolute atomic E-state index is 0.159. The molecule has 3 rings (SSSR count). The molecule has 0 unspecified atom stereocenters. The summed E-state index contributed by atoms with van der Waals surface area (Å²) in [5.41, 5.74) is 0. The molecule has 6 heteroatoms. The van der Waals surface area contributed by atoms with Crippen LogP contribution in [0.1, 0.15) is 43.0 Å². The normalized spacial score (nSPS) is 17.0. The third-order valence-electron chi connectivity index (χ3n) is 4.66. The number of rotatable bonds is 7. The summed E-state index contributed by atoms with van der Waals surface area (Å²) in [6.45, 7) is 7.54. The molecule has 1 aliphatic heterocycles. The van der Waals surface area contributed by atoms with Gasteiger partial charge in [0, 0.05) is 6.20 Å². The number of aromatic nitrogens is 1. The van der Waals surface area contributed by atoms with Gasteiger partial charge in [-0.1, -0.05) is 6.92 Å². The molecule has 1 N–H and O–H groups in total. The highest BCUT2D eigenvalue weighted by Crippen LogP contribution is 2.19. The molecule has 0 bridgehead atoms. The molecule has 0 aromatic carbocycles. The van der Waals surface area contributed by atoms with Crippen molar-refractivity contribution in [2.24, 2.45) is 5.92 Å².